The van der Waals surface area contributed by atoms with Crippen LogP contribution in [-0.2, 0) is 11.8 Å². The number of rotatable bonds is 6. The Labute approximate surface area is 189 Å². The Bertz CT molecular complexity index is 1040. The molecule has 5 rings (SSSR count). The Morgan fingerprint density at radius 2 is 1.81 bits per heavy atom. The average Bonchev–Trinajstić information content (AvgIpc) is 3.20. The van der Waals surface area contributed by atoms with Crippen molar-refractivity contribution in [1.82, 2.24) is 24.4 Å². The molecule has 2 saturated heterocycles. The summed E-state index contributed by atoms with van der Waals surface area (Å²) in [5, 5.41) is 0. The number of imidazole rings is 1. The number of para-hydroxylation sites is 2. The fraction of sp³-hybridized carbons (Fsp3) is 0.542. The molecule has 0 unspecified atom stereocenters. The van der Waals surface area contributed by atoms with E-state index in [1.54, 1.807) is 0 Å². The van der Waals surface area contributed by atoms with E-state index in [1.165, 1.54) is 11.3 Å². The van der Waals surface area contributed by atoms with Gasteiger partial charge in [0.25, 0.3) is 0 Å². The lowest BCUT2D eigenvalue weighted by atomic mass is 9.96. The standard InChI is InChI=1S/C24H33N7O/c1-28(24-25-10-7-22(27-24)31-15-17-32-18-16-31)13-14-30-11-8-19(9-12-30)23-26-20-5-3-4-6-21(20)29(23)2/h3-7,10,19H,8-9,11-18H2,1-2H3. The van der Waals surface area contributed by atoms with Crippen molar-refractivity contribution in [1.29, 1.82) is 0 Å². The van der Waals surface area contributed by atoms with Crippen LogP contribution in [0.3, 0.4) is 0 Å². The highest BCUT2D eigenvalue weighted by Crippen LogP contribution is 2.29. The first-order valence-electron chi connectivity index (χ1n) is 11.7. The zero-order valence-corrected chi connectivity index (χ0v) is 19.2. The van der Waals surface area contributed by atoms with Gasteiger partial charge in [-0.3, -0.25) is 0 Å². The summed E-state index contributed by atoms with van der Waals surface area (Å²) in [7, 11) is 4.24. The van der Waals surface area contributed by atoms with Crippen molar-refractivity contribution in [3.8, 4) is 0 Å². The predicted octanol–water partition coefficient (Wildman–Crippen LogP) is 2.52. The molecule has 2 aliphatic heterocycles. The first kappa shape index (κ1) is 21.2. The zero-order chi connectivity index (χ0) is 21.9. The Hall–Kier alpha value is -2.71. The second-order valence-corrected chi connectivity index (χ2v) is 8.87. The second kappa shape index (κ2) is 9.42. The number of likely N-dealkylation sites (tertiary alicyclic amines) is 1. The molecule has 170 valence electrons. The summed E-state index contributed by atoms with van der Waals surface area (Å²) in [5.41, 5.74) is 2.33. The fourth-order valence-electron chi connectivity index (χ4n) is 4.83. The number of aryl methyl sites for hydroxylation is 1. The van der Waals surface area contributed by atoms with Gasteiger partial charge in [-0.15, -0.1) is 0 Å². The molecule has 0 aliphatic carbocycles. The first-order valence-corrected chi connectivity index (χ1v) is 11.7. The molecule has 0 bridgehead atoms. The maximum Gasteiger partial charge on any atom is 0.227 e. The van der Waals surface area contributed by atoms with Crippen LogP contribution in [-0.4, -0.2) is 83.9 Å². The van der Waals surface area contributed by atoms with E-state index in [0.717, 1.165) is 82.6 Å². The summed E-state index contributed by atoms with van der Waals surface area (Å²) in [6, 6.07) is 10.4. The number of piperidine rings is 1. The van der Waals surface area contributed by atoms with Crippen molar-refractivity contribution in [2.75, 3.05) is 69.3 Å². The number of hydrogen-bond donors (Lipinski definition) is 0. The SMILES string of the molecule is CN(CCN1CCC(c2nc3ccccc3n2C)CC1)c1nccc(N2CCOCC2)n1. The lowest BCUT2D eigenvalue weighted by molar-refractivity contribution is 0.122. The van der Waals surface area contributed by atoms with Crippen LogP contribution < -0.4 is 9.80 Å². The summed E-state index contributed by atoms with van der Waals surface area (Å²) in [5.74, 6) is 3.56. The molecule has 0 saturated carbocycles. The van der Waals surface area contributed by atoms with E-state index < -0.39 is 0 Å². The third-order valence-corrected chi connectivity index (χ3v) is 6.83. The van der Waals surface area contributed by atoms with Crippen molar-refractivity contribution in [3.63, 3.8) is 0 Å². The Morgan fingerprint density at radius 3 is 2.59 bits per heavy atom. The molecule has 0 spiro atoms. The van der Waals surface area contributed by atoms with Crippen molar-refractivity contribution >= 4 is 22.8 Å². The van der Waals surface area contributed by atoms with E-state index in [-0.39, 0.29) is 0 Å². The molecular weight excluding hydrogens is 402 g/mol. The molecule has 8 heteroatoms. The van der Waals surface area contributed by atoms with Crippen LogP contribution in [0.25, 0.3) is 11.0 Å². The lowest BCUT2D eigenvalue weighted by Crippen LogP contribution is -2.39. The fourth-order valence-corrected chi connectivity index (χ4v) is 4.83. The van der Waals surface area contributed by atoms with Crippen molar-refractivity contribution < 1.29 is 4.74 Å². The first-order chi connectivity index (χ1) is 15.7. The molecule has 3 aromatic rings. The highest BCUT2D eigenvalue weighted by Gasteiger charge is 2.25. The summed E-state index contributed by atoms with van der Waals surface area (Å²) >= 11 is 0. The quantitative estimate of drug-likeness (QED) is 0.590. The highest BCUT2D eigenvalue weighted by atomic mass is 16.5. The van der Waals surface area contributed by atoms with Crippen LogP contribution in [0.15, 0.2) is 36.5 Å². The smallest absolute Gasteiger partial charge is 0.227 e. The number of hydrogen-bond acceptors (Lipinski definition) is 7. The second-order valence-electron chi connectivity index (χ2n) is 8.87. The maximum absolute atomic E-state index is 5.46. The molecule has 2 fully saturated rings. The Morgan fingerprint density at radius 1 is 1.03 bits per heavy atom. The predicted molar refractivity (Wildman–Crippen MR) is 127 cm³/mol. The van der Waals surface area contributed by atoms with E-state index in [1.807, 2.05) is 12.3 Å². The molecule has 0 amide bonds. The Balaban J connectivity index is 1.14. The van der Waals surface area contributed by atoms with Gasteiger partial charge in [0.2, 0.25) is 5.95 Å². The minimum absolute atomic E-state index is 0.537. The van der Waals surface area contributed by atoms with E-state index in [0.29, 0.717) is 5.92 Å². The van der Waals surface area contributed by atoms with Crippen molar-refractivity contribution in [2.45, 2.75) is 18.8 Å². The largest absolute Gasteiger partial charge is 0.378 e. The van der Waals surface area contributed by atoms with E-state index in [9.17, 15) is 0 Å². The molecule has 0 atom stereocenters. The average molecular weight is 436 g/mol. The van der Waals surface area contributed by atoms with Crippen LogP contribution in [0.4, 0.5) is 11.8 Å². The minimum atomic E-state index is 0.537. The molecule has 4 heterocycles. The third kappa shape index (κ3) is 4.42. The van der Waals surface area contributed by atoms with Crippen LogP contribution >= 0.6 is 0 Å². The molecule has 8 nitrogen and oxygen atoms in total. The van der Waals surface area contributed by atoms with E-state index >= 15 is 0 Å². The molecule has 0 radical (unpaired) electrons. The molecule has 32 heavy (non-hydrogen) atoms. The summed E-state index contributed by atoms with van der Waals surface area (Å²) in [6.45, 7) is 7.47. The number of aromatic nitrogens is 4. The van der Waals surface area contributed by atoms with Crippen molar-refractivity contribution in [3.05, 3.63) is 42.4 Å². The van der Waals surface area contributed by atoms with Gasteiger partial charge in [-0.2, -0.15) is 4.98 Å². The van der Waals surface area contributed by atoms with Gasteiger partial charge < -0.3 is 24.0 Å². The van der Waals surface area contributed by atoms with Gasteiger partial charge in [0.1, 0.15) is 11.6 Å². The van der Waals surface area contributed by atoms with Gasteiger partial charge in [0.15, 0.2) is 0 Å². The van der Waals surface area contributed by atoms with Crippen LogP contribution in [0.1, 0.15) is 24.6 Å². The van der Waals surface area contributed by atoms with E-state index in [4.69, 9.17) is 14.7 Å². The topological polar surface area (TPSA) is 62.5 Å². The summed E-state index contributed by atoms with van der Waals surface area (Å²) in [4.78, 5) is 21.2. The van der Waals surface area contributed by atoms with Gasteiger partial charge in [0.05, 0.1) is 24.2 Å². The molecule has 2 aromatic heterocycles. The number of likely N-dealkylation sites (N-methyl/N-ethyl adjacent to an activating group) is 1. The van der Waals surface area contributed by atoms with Gasteiger partial charge in [0, 0.05) is 52.4 Å². The molecule has 2 aliphatic rings. The highest BCUT2D eigenvalue weighted by molar-refractivity contribution is 5.75. The number of nitrogens with zero attached hydrogens (tertiary/aromatic N) is 7. The van der Waals surface area contributed by atoms with Crippen LogP contribution in [0, 0.1) is 0 Å². The maximum atomic E-state index is 5.46. The molecule has 1 aromatic carbocycles. The molecule has 0 N–H and O–H groups in total. The number of ether oxygens (including phenoxy) is 1. The monoisotopic (exact) mass is 435 g/mol. The van der Waals surface area contributed by atoms with Crippen LogP contribution in [0.5, 0.6) is 0 Å². The van der Waals surface area contributed by atoms with Gasteiger partial charge >= 0.3 is 0 Å². The minimum Gasteiger partial charge on any atom is -0.378 e. The van der Waals surface area contributed by atoms with Gasteiger partial charge in [-0.05, 0) is 44.1 Å². The number of morpholine rings is 1. The number of anilines is 2. The normalized spacial score (nSPS) is 18.4. The van der Waals surface area contributed by atoms with Gasteiger partial charge in [-0.25, -0.2) is 9.97 Å². The zero-order valence-electron chi connectivity index (χ0n) is 19.2. The molecular formula is C24H33N7O. The third-order valence-electron chi connectivity index (χ3n) is 6.83. The van der Waals surface area contributed by atoms with Crippen LogP contribution in [0.2, 0.25) is 0 Å². The number of benzene rings is 1. The van der Waals surface area contributed by atoms with E-state index in [2.05, 4.69) is 62.6 Å². The van der Waals surface area contributed by atoms with Crippen molar-refractivity contribution in [2.24, 2.45) is 7.05 Å². The number of fused-ring (bicyclic) bond motifs is 1. The van der Waals surface area contributed by atoms with Gasteiger partial charge in [-0.1, -0.05) is 12.1 Å². The summed E-state index contributed by atoms with van der Waals surface area (Å²) < 4.78 is 7.74. The summed E-state index contributed by atoms with van der Waals surface area (Å²) in [6.07, 6.45) is 4.18. The lowest BCUT2D eigenvalue weighted by Gasteiger charge is -2.33. The Kier molecular flexibility index (Phi) is 6.23.